The molecule has 44 heavy (non-hydrogen) atoms. The van der Waals surface area contributed by atoms with Crippen molar-refractivity contribution in [2.24, 2.45) is 0 Å². The number of halogens is 2. The zero-order valence-corrected chi connectivity index (χ0v) is 28.2. The summed E-state index contributed by atoms with van der Waals surface area (Å²) in [5.41, 5.74) is 3.34. The van der Waals surface area contributed by atoms with E-state index in [1.54, 1.807) is 60.3 Å². The van der Waals surface area contributed by atoms with Gasteiger partial charge in [-0.2, -0.15) is 10.5 Å². The average Bonchev–Trinajstić information content (AvgIpc) is 3.57. The molecule has 5 rings (SSSR count). The van der Waals surface area contributed by atoms with E-state index in [9.17, 15) is 30.3 Å². The van der Waals surface area contributed by atoms with E-state index in [1.165, 1.54) is 42.4 Å². The number of nitrogens with zero attached hydrogens (tertiary/aromatic N) is 2. The molecule has 1 fully saturated rings. The Morgan fingerprint density at radius 2 is 1.23 bits per heavy atom. The van der Waals surface area contributed by atoms with Gasteiger partial charge in [0.05, 0.1) is 19.5 Å². The molecule has 0 bridgehead atoms. The monoisotopic (exact) mass is 700 g/mol. The predicted molar refractivity (Wildman–Crippen MR) is 182 cm³/mol. The standard InChI is InChI=1S/C18H16ClNO2S2.C14H10ClNO2S2/c19-12-8-6-11(7-9-12)15-14(10-20)18(24-16(15)17(21)22)23-13-4-2-1-3-5-13;1-2-19-14-10(7-16)11(12(20-14)13(17)18)8-3-5-9(15)6-4-8/h6-9,13H,1-5H2,(H,21,22);3-6H,2H2,1H3,(H,17,18). The maximum atomic E-state index is 11.7. The van der Waals surface area contributed by atoms with E-state index in [-0.39, 0.29) is 9.75 Å². The van der Waals surface area contributed by atoms with Gasteiger partial charge in [-0.15, -0.1) is 46.2 Å². The van der Waals surface area contributed by atoms with E-state index < -0.39 is 11.9 Å². The molecule has 0 amide bonds. The highest BCUT2D eigenvalue weighted by molar-refractivity contribution is 8.01. The number of carboxylic acid groups (broad SMARTS) is 2. The highest BCUT2D eigenvalue weighted by Crippen LogP contribution is 2.45. The van der Waals surface area contributed by atoms with E-state index in [0.717, 1.165) is 43.9 Å². The normalized spacial score (nSPS) is 12.9. The van der Waals surface area contributed by atoms with Gasteiger partial charge in [-0.25, -0.2) is 9.59 Å². The van der Waals surface area contributed by atoms with Crippen molar-refractivity contribution >= 4 is 81.3 Å². The Hall–Kier alpha value is -2.96. The molecular weight excluding hydrogens is 676 g/mol. The fourth-order valence-electron chi connectivity index (χ4n) is 4.76. The highest BCUT2D eigenvalue weighted by Gasteiger charge is 2.27. The van der Waals surface area contributed by atoms with E-state index in [1.807, 2.05) is 6.92 Å². The summed E-state index contributed by atoms with van der Waals surface area (Å²) in [6.07, 6.45) is 5.95. The predicted octanol–water partition coefficient (Wildman–Crippen LogP) is 10.8. The van der Waals surface area contributed by atoms with Gasteiger partial charge in [-0.3, -0.25) is 0 Å². The summed E-state index contributed by atoms with van der Waals surface area (Å²) < 4.78 is 1.57. The number of nitriles is 2. The summed E-state index contributed by atoms with van der Waals surface area (Å²) in [6, 6.07) is 18.2. The molecule has 1 saturated carbocycles. The number of rotatable bonds is 8. The van der Waals surface area contributed by atoms with Crippen LogP contribution >= 0.6 is 69.4 Å². The molecule has 6 nitrogen and oxygen atoms in total. The largest absolute Gasteiger partial charge is 0.477 e. The van der Waals surface area contributed by atoms with Gasteiger partial charge in [0.25, 0.3) is 0 Å². The molecule has 2 heterocycles. The molecule has 226 valence electrons. The first-order chi connectivity index (χ1) is 21.2. The van der Waals surface area contributed by atoms with Crippen LogP contribution in [0, 0.1) is 22.7 Å². The molecule has 2 N–H and O–H groups in total. The summed E-state index contributed by atoms with van der Waals surface area (Å²) in [6.45, 7) is 1.97. The molecule has 12 heteroatoms. The van der Waals surface area contributed by atoms with Crippen LogP contribution in [0.1, 0.15) is 69.5 Å². The van der Waals surface area contributed by atoms with Crippen LogP contribution in [0.5, 0.6) is 0 Å². The third-order valence-electron chi connectivity index (χ3n) is 6.73. The zero-order valence-electron chi connectivity index (χ0n) is 23.4. The number of benzene rings is 2. The molecule has 0 radical (unpaired) electrons. The Kier molecular flexibility index (Phi) is 12.2. The van der Waals surface area contributed by atoms with Crippen molar-refractivity contribution in [1.82, 2.24) is 0 Å². The van der Waals surface area contributed by atoms with Gasteiger partial charge in [0.1, 0.15) is 21.9 Å². The lowest BCUT2D eigenvalue weighted by Gasteiger charge is -2.20. The minimum absolute atomic E-state index is 0.194. The average molecular weight is 702 g/mol. The summed E-state index contributed by atoms with van der Waals surface area (Å²) >= 11 is 17.3. The number of aromatic carboxylic acids is 2. The summed E-state index contributed by atoms with van der Waals surface area (Å²) in [5, 5.41) is 39.6. The number of thiophene rings is 2. The lowest BCUT2D eigenvalue weighted by Crippen LogP contribution is -2.07. The van der Waals surface area contributed by atoms with Crippen molar-refractivity contribution in [3.63, 3.8) is 0 Å². The fourth-order valence-corrected chi connectivity index (χ4v) is 10.1. The van der Waals surface area contributed by atoms with Gasteiger partial charge in [0, 0.05) is 26.4 Å². The van der Waals surface area contributed by atoms with Crippen molar-refractivity contribution in [2.45, 2.75) is 52.7 Å². The van der Waals surface area contributed by atoms with E-state index >= 15 is 0 Å². The Labute approximate surface area is 282 Å². The lowest BCUT2D eigenvalue weighted by molar-refractivity contribution is 0.0692. The minimum atomic E-state index is -1.01. The maximum absolute atomic E-state index is 11.7. The number of hydrogen-bond acceptors (Lipinski definition) is 8. The van der Waals surface area contributed by atoms with Gasteiger partial charge < -0.3 is 10.2 Å². The second-order valence-electron chi connectivity index (χ2n) is 9.60. The smallest absolute Gasteiger partial charge is 0.346 e. The van der Waals surface area contributed by atoms with E-state index in [4.69, 9.17) is 23.2 Å². The molecule has 2 aromatic carbocycles. The van der Waals surface area contributed by atoms with Crippen LogP contribution in [0.4, 0.5) is 0 Å². The van der Waals surface area contributed by atoms with Gasteiger partial charge in [-0.05, 0) is 54.0 Å². The first-order valence-electron chi connectivity index (χ1n) is 13.6. The molecule has 1 aliphatic rings. The summed E-state index contributed by atoms with van der Waals surface area (Å²) in [7, 11) is 0. The molecule has 0 aliphatic heterocycles. The van der Waals surface area contributed by atoms with Crippen LogP contribution in [-0.2, 0) is 0 Å². The second kappa shape index (κ2) is 15.9. The van der Waals surface area contributed by atoms with Crippen LogP contribution < -0.4 is 0 Å². The van der Waals surface area contributed by atoms with E-state index in [2.05, 4.69) is 12.1 Å². The van der Waals surface area contributed by atoms with Crippen molar-refractivity contribution in [3.05, 3.63) is 79.5 Å². The fraction of sp³-hybridized carbons (Fsp3) is 0.250. The molecule has 0 atom stereocenters. The van der Waals surface area contributed by atoms with Crippen LogP contribution in [0.3, 0.4) is 0 Å². The summed E-state index contributed by atoms with van der Waals surface area (Å²) in [5.74, 6) is -1.22. The van der Waals surface area contributed by atoms with Crippen LogP contribution in [0.25, 0.3) is 22.3 Å². The van der Waals surface area contributed by atoms with Gasteiger partial charge in [0.2, 0.25) is 0 Å². The van der Waals surface area contributed by atoms with Crippen LogP contribution in [0.15, 0.2) is 56.9 Å². The number of thioether (sulfide) groups is 2. The molecule has 0 unspecified atom stereocenters. The highest BCUT2D eigenvalue weighted by atomic mass is 35.5. The van der Waals surface area contributed by atoms with Gasteiger partial charge in [-0.1, -0.05) is 73.7 Å². The van der Waals surface area contributed by atoms with Crippen LogP contribution in [-0.4, -0.2) is 33.2 Å². The van der Waals surface area contributed by atoms with Gasteiger partial charge in [0.15, 0.2) is 0 Å². The maximum Gasteiger partial charge on any atom is 0.346 e. The molecule has 0 spiro atoms. The Balaban J connectivity index is 0.000000204. The van der Waals surface area contributed by atoms with Crippen molar-refractivity contribution < 1.29 is 19.8 Å². The van der Waals surface area contributed by atoms with Gasteiger partial charge >= 0.3 is 11.9 Å². The van der Waals surface area contributed by atoms with Crippen molar-refractivity contribution in [1.29, 1.82) is 10.5 Å². The minimum Gasteiger partial charge on any atom is -0.477 e. The third-order valence-corrected chi connectivity index (χ3v) is 12.3. The quantitative estimate of drug-likeness (QED) is 0.174. The lowest BCUT2D eigenvalue weighted by atomic mass is 10.0. The Morgan fingerprint density at radius 3 is 1.64 bits per heavy atom. The number of hydrogen-bond donors (Lipinski definition) is 2. The van der Waals surface area contributed by atoms with Crippen molar-refractivity contribution in [2.75, 3.05) is 5.75 Å². The SMILES string of the molecule is CCSc1sc(C(=O)O)c(-c2ccc(Cl)cc2)c1C#N.N#Cc1c(SC2CCCCC2)sc(C(=O)O)c1-c1ccc(Cl)cc1. The molecule has 2 aromatic heterocycles. The number of carbonyl (C=O) groups is 2. The number of carboxylic acids is 2. The Bertz CT molecular complexity index is 1730. The van der Waals surface area contributed by atoms with Crippen molar-refractivity contribution in [3.8, 4) is 34.4 Å². The van der Waals surface area contributed by atoms with Crippen LogP contribution in [0.2, 0.25) is 10.0 Å². The molecular formula is C32H26Cl2N2O4S4. The topological polar surface area (TPSA) is 122 Å². The molecule has 0 saturated heterocycles. The third kappa shape index (κ3) is 8.00. The summed E-state index contributed by atoms with van der Waals surface area (Å²) in [4.78, 5) is 23.5. The zero-order chi connectivity index (χ0) is 31.8. The first kappa shape index (κ1) is 33.9. The van der Waals surface area contributed by atoms with E-state index in [0.29, 0.717) is 43.1 Å². The Morgan fingerprint density at radius 1 is 0.795 bits per heavy atom. The second-order valence-corrected chi connectivity index (χ2v) is 15.6. The molecule has 4 aromatic rings. The molecule has 1 aliphatic carbocycles. The first-order valence-corrected chi connectivity index (χ1v) is 17.9.